The predicted molar refractivity (Wildman–Crippen MR) is 109 cm³/mol. The lowest BCUT2D eigenvalue weighted by atomic mass is 10.1. The molecule has 1 aliphatic rings. The van der Waals surface area contributed by atoms with Crippen LogP contribution in [0.15, 0.2) is 47.4 Å². The average Bonchev–Trinajstić information content (AvgIpc) is 2.94. The second kappa shape index (κ2) is 8.41. The maximum atomic E-state index is 12.7. The van der Waals surface area contributed by atoms with Gasteiger partial charge >= 0.3 is 0 Å². The van der Waals surface area contributed by atoms with Gasteiger partial charge in [-0.15, -0.1) is 0 Å². The van der Waals surface area contributed by atoms with E-state index in [0.29, 0.717) is 27.8 Å². The molecular weight excluding hydrogens is 400 g/mol. The van der Waals surface area contributed by atoms with Crippen LogP contribution >= 0.6 is 24.0 Å². The van der Waals surface area contributed by atoms with Gasteiger partial charge in [0.25, 0.3) is 11.6 Å². The summed E-state index contributed by atoms with van der Waals surface area (Å²) < 4.78 is 5.35. The fraction of sp³-hybridized carbons (Fsp3) is 0.158. The van der Waals surface area contributed by atoms with E-state index in [1.165, 1.54) is 24.2 Å². The molecular formula is C19H15N2O5S2-. The fourth-order valence-corrected chi connectivity index (χ4v) is 4.02. The summed E-state index contributed by atoms with van der Waals surface area (Å²) in [6, 6.07) is 12.2. The molecule has 9 heteroatoms. The molecule has 2 aromatic carbocycles. The minimum Gasteiger partial charge on any atom is -0.865 e. The van der Waals surface area contributed by atoms with Gasteiger partial charge in [0.2, 0.25) is 0 Å². The summed E-state index contributed by atoms with van der Waals surface area (Å²) >= 11 is 6.43. The number of nitrogens with zero attached hydrogens (tertiary/aromatic N) is 2. The normalized spacial score (nSPS) is 15.3. The SMILES string of the molecule is COc1cc(/C=C2\SC(=S)N(CCc3ccccc3)C2=O)cc([N+](=O)[O-])c1[O-]. The van der Waals surface area contributed by atoms with E-state index in [2.05, 4.69) is 0 Å². The Morgan fingerprint density at radius 2 is 2.00 bits per heavy atom. The van der Waals surface area contributed by atoms with Crippen LogP contribution in [-0.2, 0) is 11.2 Å². The number of methoxy groups -OCH3 is 1. The molecule has 144 valence electrons. The highest BCUT2D eigenvalue weighted by molar-refractivity contribution is 8.26. The van der Waals surface area contributed by atoms with E-state index >= 15 is 0 Å². The predicted octanol–water partition coefficient (Wildman–Crippen LogP) is 3.12. The van der Waals surface area contributed by atoms with E-state index in [0.717, 1.165) is 23.4 Å². The highest BCUT2D eigenvalue weighted by atomic mass is 32.2. The lowest BCUT2D eigenvalue weighted by Gasteiger charge is -2.14. The third-order valence-electron chi connectivity index (χ3n) is 4.11. The van der Waals surface area contributed by atoms with Crippen LogP contribution in [0.4, 0.5) is 5.69 Å². The number of thiocarbonyl (C=S) groups is 1. The minimum absolute atomic E-state index is 0.153. The Kier molecular flexibility index (Phi) is 5.96. The molecule has 1 heterocycles. The third-order valence-corrected chi connectivity index (χ3v) is 5.49. The van der Waals surface area contributed by atoms with Crippen molar-refractivity contribution in [3.63, 3.8) is 0 Å². The first-order valence-corrected chi connectivity index (χ1v) is 9.46. The number of carbonyl (C=O) groups is 1. The van der Waals surface area contributed by atoms with Gasteiger partial charge in [-0.3, -0.25) is 19.8 Å². The Hall–Kier alpha value is -2.91. The lowest BCUT2D eigenvalue weighted by molar-refractivity contribution is -0.398. The standard InChI is InChI=1S/C19H16N2O5S2/c1-26-15-10-13(9-14(17(15)22)21(24)25)11-16-18(23)20(19(27)28-16)8-7-12-5-3-2-4-6-12/h2-6,9-11,22H,7-8H2,1H3/p-1/b16-11-. The molecule has 0 N–H and O–H groups in total. The first kappa shape index (κ1) is 19.8. The van der Waals surface area contributed by atoms with Crippen molar-refractivity contribution in [3.05, 3.63) is 68.6 Å². The maximum absolute atomic E-state index is 12.7. The highest BCUT2D eigenvalue weighted by Gasteiger charge is 2.31. The minimum atomic E-state index is -0.806. The second-order valence-electron chi connectivity index (χ2n) is 5.90. The number of ether oxygens (including phenoxy) is 1. The van der Waals surface area contributed by atoms with Crippen LogP contribution in [0, 0.1) is 10.1 Å². The Morgan fingerprint density at radius 3 is 2.64 bits per heavy atom. The number of benzene rings is 2. The van der Waals surface area contributed by atoms with Gasteiger partial charge < -0.3 is 9.84 Å². The van der Waals surface area contributed by atoms with E-state index in [-0.39, 0.29) is 11.7 Å². The van der Waals surface area contributed by atoms with Gasteiger partial charge in [-0.25, -0.2) is 0 Å². The van der Waals surface area contributed by atoms with Crippen molar-refractivity contribution in [1.29, 1.82) is 0 Å². The average molecular weight is 415 g/mol. The fourth-order valence-electron chi connectivity index (χ4n) is 2.71. The van der Waals surface area contributed by atoms with Crippen molar-refractivity contribution in [2.45, 2.75) is 6.42 Å². The summed E-state index contributed by atoms with van der Waals surface area (Å²) in [4.78, 5) is 24.9. The van der Waals surface area contributed by atoms with Gasteiger partial charge in [0.1, 0.15) is 10.1 Å². The number of rotatable bonds is 6. The van der Waals surface area contributed by atoms with Crippen molar-refractivity contribution in [1.82, 2.24) is 4.90 Å². The van der Waals surface area contributed by atoms with E-state index in [4.69, 9.17) is 17.0 Å². The van der Waals surface area contributed by atoms with Crippen molar-refractivity contribution in [2.24, 2.45) is 0 Å². The van der Waals surface area contributed by atoms with Crippen molar-refractivity contribution >= 4 is 46.0 Å². The summed E-state index contributed by atoms with van der Waals surface area (Å²) in [6.45, 7) is 0.439. The number of thioether (sulfide) groups is 1. The van der Waals surface area contributed by atoms with E-state index < -0.39 is 16.4 Å². The maximum Gasteiger partial charge on any atom is 0.266 e. The van der Waals surface area contributed by atoms with Crippen LogP contribution in [0.25, 0.3) is 6.08 Å². The molecule has 28 heavy (non-hydrogen) atoms. The first-order valence-electron chi connectivity index (χ1n) is 8.23. The zero-order valence-corrected chi connectivity index (χ0v) is 16.4. The Morgan fingerprint density at radius 1 is 1.29 bits per heavy atom. The zero-order valence-electron chi connectivity index (χ0n) is 14.8. The Balaban J connectivity index is 1.83. The summed E-state index contributed by atoms with van der Waals surface area (Å²) in [5.41, 5.74) is 0.809. The Bertz CT molecular complexity index is 976. The molecule has 0 radical (unpaired) electrons. The molecule has 1 aliphatic heterocycles. The largest absolute Gasteiger partial charge is 0.865 e. The van der Waals surface area contributed by atoms with Gasteiger partial charge in [-0.1, -0.05) is 54.3 Å². The summed E-state index contributed by atoms with van der Waals surface area (Å²) in [5.74, 6) is -1.22. The summed E-state index contributed by atoms with van der Waals surface area (Å²) in [6.07, 6.45) is 2.14. The van der Waals surface area contributed by atoms with E-state index in [9.17, 15) is 20.0 Å². The van der Waals surface area contributed by atoms with Crippen LogP contribution < -0.4 is 9.84 Å². The van der Waals surface area contributed by atoms with Gasteiger partial charge in [-0.05, 0) is 29.7 Å². The van der Waals surface area contributed by atoms with Gasteiger partial charge in [0.05, 0.1) is 16.9 Å². The second-order valence-corrected chi connectivity index (χ2v) is 7.57. The highest BCUT2D eigenvalue weighted by Crippen LogP contribution is 2.37. The lowest BCUT2D eigenvalue weighted by Crippen LogP contribution is -2.30. The number of nitro groups is 1. The molecule has 7 nitrogen and oxygen atoms in total. The monoisotopic (exact) mass is 415 g/mol. The summed E-state index contributed by atoms with van der Waals surface area (Å²) in [5, 5.41) is 23.0. The topological polar surface area (TPSA) is 95.7 Å². The smallest absolute Gasteiger partial charge is 0.266 e. The Labute approximate surface area is 170 Å². The molecule has 2 aromatic rings. The number of hydrogen-bond donors (Lipinski definition) is 0. The van der Waals surface area contributed by atoms with Crippen LogP contribution in [0.2, 0.25) is 0 Å². The molecule has 3 rings (SSSR count). The molecule has 1 saturated heterocycles. The van der Waals surface area contributed by atoms with Gasteiger partial charge in [0.15, 0.2) is 0 Å². The molecule has 0 bridgehead atoms. The van der Waals surface area contributed by atoms with Gasteiger partial charge in [0, 0.05) is 18.4 Å². The van der Waals surface area contributed by atoms with Crippen LogP contribution in [0.3, 0.4) is 0 Å². The van der Waals surface area contributed by atoms with Crippen molar-refractivity contribution in [2.75, 3.05) is 13.7 Å². The third kappa shape index (κ3) is 4.15. The number of nitro benzene ring substituents is 1. The van der Waals surface area contributed by atoms with Crippen LogP contribution in [0.5, 0.6) is 11.5 Å². The van der Waals surface area contributed by atoms with E-state index in [1.807, 2.05) is 30.3 Å². The molecule has 0 atom stereocenters. The molecule has 0 aromatic heterocycles. The van der Waals surface area contributed by atoms with Crippen LogP contribution in [0.1, 0.15) is 11.1 Å². The molecule has 0 unspecified atom stereocenters. The van der Waals surface area contributed by atoms with Crippen molar-refractivity contribution < 1.29 is 19.6 Å². The molecule has 1 amide bonds. The number of amides is 1. The molecule has 0 aliphatic carbocycles. The van der Waals surface area contributed by atoms with Crippen molar-refractivity contribution in [3.8, 4) is 11.5 Å². The number of hydrogen-bond acceptors (Lipinski definition) is 7. The van der Waals surface area contributed by atoms with Crippen LogP contribution in [-0.4, -0.2) is 33.7 Å². The quantitative estimate of drug-likeness (QED) is 0.309. The summed E-state index contributed by atoms with van der Waals surface area (Å²) in [7, 11) is 1.26. The molecule has 0 saturated carbocycles. The molecule has 1 fully saturated rings. The first-order chi connectivity index (χ1) is 13.4. The zero-order chi connectivity index (χ0) is 20.3. The number of carbonyl (C=O) groups excluding carboxylic acids is 1. The van der Waals surface area contributed by atoms with Gasteiger partial charge in [-0.2, -0.15) is 0 Å². The van der Waals surface area contributed by atoms with E-state index in [1.54, 1.807) is 0 Å². The molecule has 0 spiro atoms.